The second-order valence-corrected chi connectivity index (χ2v) is 7.25. The van der Waals surface area contributed by atoms with Crippen LogP contribution in [0.3, 0.4) is 0 Å². The minimum Gasteiger partial charge on any atom is -0.508 e. The fraction of sp³-hybridized carbons (Fsp3) is 0.250. The Morgan fingerprint density at radius 1 is 0.963 bits per heavy atom. The third kappa shape index (κ3) is 3.83. The van der Waals surface area contributed by atoms with E-state index in [1.54, 1.807) is 12.1 Å². The molecule has 0 aromatic heterocycles. The lowest BCUT2D eigenvalue weighted by Crippen LogP contribution is -2.24. The summed E-state index contributed by atoms with van der Waals surface area (Å²) in [4.78, 5) is 0. The highest BCUT2D eigenvalue weighted by atomic mass is 16.5. The van der Waals surface area contributed by atoms with Crippen molar-refractivity contribution in [1.29, 1.82) is 0 Å². The quantitative estimate of drug-likeness (QED) is 0.665. The Kier molecular flexibility index (Phi) is 4.87. The molecule has 1 saturated heterocycles. The lowest BCUT2D eigenvalue weighted by Gasteiger charge is -2.26. The van der Waals surface area contributed by atoms with Crippen molar-refractivity contribution in [1.82, 2.24) is 0 Å². The van der Waals surface area contributed by atoms with Crippen LogP contribution in [0.4, 0.5) is 0 Å². The Hall–Kier alpha value is -2.78. The Bertz CT molecular complexity index is 917. The van der Waals surface area contributed by atoms with Crippen molar-refractivity contribution in [2.45, 2.75) is 26.4 Å². The number of phenols is 1. The first-order chi connectivity index (χ1) is 13.1. The molecule has 1 aliphatic rings. The fourth-order valence-corrected chi connectivity index (χ4v) is 3.64. The van der Waals surface area contributed by atoms with Crippen LogP contribution in [-0.2, 0) is 11.3 Å². The molecular formula is C24H24O3. The molecule has 1 heterocycles. The first-order valence-corrected chi connectivity index (χ1v) is 9.30. The van der Waals surface area contributed by atoms with Gasteiger partial charge in [0.2, 0.25) is 0 Å². The highest BCUT2D eigenvalue weighted by molar-refractivity contribution is 5.72. The van der Waals surface area contributed by atoms with Gasteiger partial charge in [-0.2, -0.15) is 0 Å². The number of ether oxygens (including phenoxy) is 2. The standard InChI is InChI=1S/C24H24O3/c1-16-10-22(25)11-17(2)24(16)20-5-3-4-18(12-20)13-27-23-8-6-19(7-9-23)21-14-26-15-21/h3-12,21,25H,13-15H2,1-2H3. The van der Waals surface area contributed by atoms with E-state index in [0.29, 0.717) is 18.3 Å². The Morgan fingerprint density at radius 3 is 2.30 bits per heavy atom. The summed E-state index contributed by atoms with van der Waals surface area (Å²) in [6.45, 7) is 6.22. The third-order valence-electron chi connectivity index (χ3n) is 5.13. The smallest absolute Gasteiger partial charge is 0.119 e. The molecule has 27 heavy (non-hydrogen) atoms. The number of hydrogen-bond acceptors (Lipinski definition) is 3. The van der Waals surface area contributed by atoms with Gasteiger partial charge >= 0.3 is 0 Å². The van der Waals surface area contributed by atoms with Gasteiger partial charge in [0, 0.05) is 5.92 Å². The molecule has 4 rings (SSSR count). The largest absolute Gasteiger partial charge is 0.508 e. The molecule has 1 N–H and O–H groups in total. The average molecular weight is 360 g/mol. The second kappa shape index (κ2) is 7.45. The second-order valence-electron chi connectivity index (χ2n) is 7.25. The van der Waals surface area contributed by atoms with Gasteiger partial charge in [0.15, 0.2) is 0 Å². The van der Waals surface area contributed by atoms with Gasteiger partial charge in [0.25, 0.3) is 0 Å². The zero-order valence-corrected chi connectivity index (χ0v) is 15.7. The molecule has 3 aromatic rings. The minimum atomic E-state index is 0.310. The van der Waals surface area contributed by atoms with Crippen molar-refractivity contribution < 1.29 is 14.6 Å². The maximum absolute atomic E-state index is 9.78. The number of aryl methyl sites for hydroxylation is 2. The molecule has 138 valence electrons. The van der Waals surface area contributed by atoms with E-state index in [9.17, 15) is 5.11 Å². The van der Waals surface area contributed by atoms with Crippen LogP contribution in [0.15, 0.2) is 60.7 Å². The first kappa shape index (κ1) is 17.6. The van der Waals surface area contributed by atoms with Crippen molar-refractivity contribution in [3.8, 4) is 22.6 Å². The minimum absolute atomic E-state index is 0.310. The van der Waals surface area contributed by atoms with Gasteiger partial charge in [-0.05, 0) is 77.6 Å². The van der Waals surface area contributed by atoms with E-state index in [1.807, 2.05) is 26.0 Å². The van der Waals surface area contributed by atoms with Gasteiger partial charge in [-0.3, -0.25) is 0 Å². The molecular weight excluding hydrogens is 336 g/mol. The van der Waals surface area contributed by atoms with E-state index in [1.165, 1.54) is 11.1 Å². The summed E-state index contributed by atoms with van der Waals surface area (Å²) in [5.41, 5.74) is 6.89. The van der Waals surface area contributed by atoms with Crippen molar-refractivity contribution >= 4 is 0 Å². The molecule has 0 spiro atoms. The topological polar surface area (TPSA) is 38.7 Å². The van der Waals surface area contributed by atoms with E-state index in [-0.39, 0.29) is 0 Å². The Morgan fingerprint density at radius 2 is 1.67 bits per heavy atom. The van der Waals surface area contributed by atoms with Crippen LogP contribution in [0.1, 0.15) is 28.2 Å². The van der Waals surface area contributed by atoms with Crippen LogP contribution in [-0.4, -0.2) is 18.3 Å². The van der Waals surface area contributed by atoms with Crippen molar-refractivity contribution in [3.05, 3.63) is 82.9 Å². The number of rotatable bonds is 5. The molecule has 3 nitrogen and oxygen atoms in total. The Balaban J connectivity index is 1.48. The summed E-state index contributed by atoms with van der Waals surface area (Å²) in [6.07, 6.45) is 0. The molecule has 3 aromatic carbocycles. The first-order valence-electron chi connectivity index (χ1n) is 9.30. The Labute approximate surface area is 160 Å². The molecule has 3 heteroatoms. The summed E-state index contributed by atoms with van der Waals surface area (Å²) < 4.78 is 11.2. The molecule has 0 aliphatic carbocycles. The summed E-state index contributed by atoms with van der Waals surface area (Å²) >= 11 is 0. The SMILES string of the molecule is Cc1cc(O)cc(C)c1-c1cccc(COc2ccc(C3COC3)cc2)c1. The molecule has 0 radical (unpaired) electrons. The summed E-state index contributed by atoms with van der Waals surface area (Å²) in [5, 5.41) is 9.78. The molecule has 0 amide bonds. The van der Waals surface area contributed by atoms with Crippen molar-refractivity contribution in [3.63, 3.8) is 0 Å². The zero-order valence-electron chi connectivity index (χ0n) is 15.7. The van der Waals surface area contributed by atoms with Gasteiger partial charge in [0.05, 0.1) is 13.2 Å². The highest BCUT2D eigenvalue weighted by Gasteiger charge is 2.20. The number of aromatic hydroxyl groups is 1. The molecule has 1 aliphatic heterocycles. The van der Waals surface area contributed by atoms with E-state index in [4.69, 9.17) is 9.47 Å². The van der Waals surface area contributed by atoms with Crippen LogP contribution in [0, 0.1) is 13.8 Å². The maximum Gasteiger partial charge on any atom is 0.119 e. The van der Waals surface area contributed by atoms with Gasteiger partial charge in [-0.1, -0.05) is 30.3 Å². The zero-order chi connectivity index (χ0) is 18.8. The molecule has 0 atom stereocenters. The normalized spacial score (nSPS) is 14.0. The van der Waals surface area contributed by atoms with Gasteiger partial charge < -0.3 is 14.6 Å². The maximum atomic E-state index is 9.78. The molecule has 1 fully saturated rings. The van der Waals surface area contributed by atoms with Gasteiger partial charge in [-0.25, -0.2) is 0 Å². The van der Waals surface area contributed by atoms with E-state index in [2.05, 4.69) is 36.4 Å². The van der Waals surface area contributed by atoms with Gasteiger partial charge in [-0.15, -0.1) is 0 Å². The van der Waals surface area contributed by atoms with Crippen LogP contribution in [0.5, 0.6) is 11.5 Å². The predicted octanol–water partition coefficient (Wildman–Crippen LogP) is 5.37. The number of benzene rings is 3. The number of phenolic OH excluding ortho intramolecular Hbond substituents is 1. The summed E-state index contributed by atoms with van der Waals surface area (Å²) in [5.74, 6) is 1.72. The third-order valence-corrected chi connectivity index (χ3v) is 5.13. The average Bonchev–Trinajstić information content (AvgIpc) is 2.59. The number of hydrogen-bond donors (Lipinski definition) is 1. The molecule has 0 unspecified atom stereocenters. The van der Waals surface area contributed by atoms with Crippen LogP contribution in [0.25, 0.3) is 11.1 Å². The lowest BCUT2D eigenvalue weighted by atomic mass is 9.94. The molecule has 0 saturated carbocycles. The predicted molar refractivity (Wildman–Crippen MR) is 107 cm³/mol. The molecule has 0 bridgehead atoms. The summed E-state index contributed by atoms with van der Waals surface area (Å²) in [6, 6.07) is 20.3. The highest BCUT2D eigenvalue weighted by Crippen LogP contribution is 2.31. The van der Waals surface area contributed by atoms with Gasteiger partial charge in [0.1, 0.15) is 18.1 Å². The van der Waals surface area contributed by atoms with Crippen LogP contribution < -0.4 is 4.74 Å². The van der Waals surface area contributed by atoms with Crippen LogP contribution >= 0.6 is 0 Å². The van der Waals surface area contributed by atoms with Crippen molar-refractivity contribution in [2.75, 3.05) is 13.2 Å². The van der Waals surface area contributed by atoms with Crippen LogP contribution in [0.2, 0.25) is 0 Å². The van der Waals surface area contributed by atoms with E-state index in [0.717, 1.165) is 41.2 Å². The van der Waals surface area contributed by atoms with Crippen molar-refractivity contribution in [2.24, 2.45) is 0 Å². The fourth-order valence-electron chi connectivity index (χ4n) is 3.64. The lowest BCUT2D eigenvalue weighted by molar-refractivity contribution is 0.00840. The monoisotopic (exact) mass is 360 g/mol. The summed E-state index contributed by atoms with van der Waals surface area (Å²) in [7, 11) is 0. The van der Waals surface area contributed by atoms with E-state index < -0.39 is 0 Å². The van der Waals surface area contributed by atoms with E-state index >= 15 is 0 Å².